The normalized spacial score (nSPS) is 23.4. The summed E-state index contributed by atoms with van der Waals surface area (Å²) in [6, 6.07) is 13.3. The Labute approximate surface area is 188 Å². The number of hydrogen-bond donors (Lipinski definition) is 2. The average molecular weight is 447 g/mol. The highest BCUT2D eigenvalue weighted by atomic mass is 19.1. The summed E-state index contributed by atoms with van der Waals surface area (Å²) in [6.45, 7) is 2.01. The van der Waals surface area contributed by atoms with Crippen LogP contribution in [0, 0.1) is 12.3 Å². The van der Waals surface area contributed by atoms with Crippen molar-refractivity contribution in [2.24, 2.45) is 5.41 Å². The molecule has 4 N–H and O–H groups in total. The van der Waals surface area contributed by atoms with E-state index in [-0.39, 0.29) is 23.7 Å². The van der Waals surface area contributed by atoms with Gasteiger partial charge < -0.3 is 5.11 Å². The standard InChI is InChI=1S/C24H23FN6O2/c1-14-7-16(8-17(9-32)27-14)18-19(15-5-3-2-4-6-15)28-21(26)31-20(18)29-30(22(31)33)13-23-10-24(25,11-23)12-23/h2-8,32H,9-13H2,1H3,(H2,26,28)/p+1. The predicted octanol–water partition coefficient (Wildman–Crippen LogP) is 2.31. The van der Waals surface area contributed by atoms with Gasteiger partial charge in [0, 0.05) is 11.3 Å². The molecule has 0 spiro atoms. The molecule has 1 aromatic carbocycles. The fourth-order valence-corrected chi connectivity index (χ4v) is 5.65. The van der Waals surface area contributed by atoms with Gasteiger partial charge in [0.05, 0.1) is 24.4 Å². The van der Waals surface area contributed by atoms with Gasteiger partial charge in [-0.25, -0.2) is 14.2 Å². The van der Waals surface area contributed by atoms with E-state index in [1.54, 1.807) is 6.07 Å². The van der Waals surface area contributed by atoms with Crippen molar-refractivity contribution in [3.05, 3.63) is 64.3 Å². The molecule has 3 aliphatic rings. The summed E-state index contributed by atoms with van der Waals surface area (Å²) in [5.41, 5.74) is 9.43. The number of anilines is 1. The Hall–Kier alpha value is -3.59. The highest BCUT2D eigenvalue weighted by Crippen LogP contribution is 2.70. The van der Waals surface area contributed by atoms with Gasteiger partial charge in [0.15, 0.2) is 0 Å². The van der Waals surface area contributed by atoms with Crippen molar-refractivity contribution < 1.29 is 14.5 Å². The molecular formula is C24H24FN6O2+. The van der Waals surface area contributed by atoms with Crippen LogP contribution >= 0.6 is 0 Å². The number of nitrogens with zero attached hydrogens (tertiary/aromatic N) is 4. The quantitative estimate of drug-likeness (QED) is 0.488. The van der Waals surface area contributed by atoms with Crippen molar-refractivity contribution in [3.63, 3.8) is 0 Å². The number of aromatic amines is 1. The lowest BCUT2D eigenvalue weighted by Crippen LogP contribution is -2.66. The third kappa shape index (κ3) is 2.99. The van der Waals surface area contributed by atoms with E-state index in [2.05, 4.69) is 9.97 Å². The van der Waals surface area contributed by atoms with E-state index < -0.39 is 5.67 Å². The predicted molar refractivity (Wildman–Crippen MR) is 120 cm³/mol. The van der Waals surface area contributed by atoms with E-state index in [0.29, 0.717) is 48.4 Å². The summed E-state index contributed by atoms with van der Waals surface area (Å²) < 4.78 is 16.8. The topological polar surface area (TPSA) is 113 Å². The molecule has 3 aromatic heterocycles. The largest absolute Gasteiger partial charge is 0.411 e. The molecule has 168 valence electrons. The molecule has 0 atom stereocenters. The number of aryl methyl sites for hydroxylation is 1. The maximum atomic E-state index is 14.1. The van der Waals surface area contributed by atoms with E-state index in [4.69, 9.17) is 10.8 Å². The zero-order valence-electron chi connectivity index (χ0n) is 18.2. The lowest BCUT2D eigenvalue weighted by atomic mass is 9.42. The van der Waals surface area contributed by atoms with Crippen molar-refractivity contribution in [2.75, 3.05) is 5.73 Å². The van der Waals surface area contributed by atoms with Gasteiger partial charge in [-0.3, -0.25) is 10.7 Å². The Balaban J connectivity index is 1.61. The monoisotopic (exact) mass is 447 g/mol. The number of hydrogen-bond acceptors (Lipinski definition) is 5. The Bertz CT molecular complexity index is 1460. The third-order valence-corrected chi connectivity index (χ3v) is 6.89. The van der Waals surface area contributed by atoms with Gasteiger partial charge >= 0.3 is 11.6 Å². The molecule has 0 radical (unpaired) electrons. The number of halogens is 1. The maximum absolute atomic E-state index is 14.1. The van der Waals surface area contributed by atoms with Crippen LogP contribution in [0.5, 0.6) is 0 Å². The minimum absolute atomic E-state index is 0.163. The van der Waals surface area contributed by atoms with Gasteiger partial charge in [0.25, 0.3) is 0 Å². The van der Waals surface area contributed by atoms with Gasteiger partial charge in [0.1, 0.15) is 11.4 Å². The fraction of sp³-hybridized carbons (Fsp3) is 0.333. The number of nitrogen functional groups attached to an aromatic ring is 1. The summed E-state index contributed by atoms with van der Waals surface area (Å²) in [4.78, 5) is 20.9. The van der Waals surface area contributed by atoms with Gasteiger partial charge in [0.2, 0.25) is 5.65 Å². The van der Waals surface area contributed by atoms with Crippen LogP contribution in [0.1, 0.15) is 30.7 Å². The molecule has 0 unspecified atom stereocenters. The van der Waals surface area contributed by atoms with E-state index in [1.807, 2.05) is 43.3 Å². The van der Waals surface area contributed by atoms with Crippen molar-refractivity contribution in [1.29, 1.82) is 0 Å². The Morgan fingerprint density at radius 2 is 1.91 bits per heavy atom. The van der Waals surface area contributed by atoms with Crippen LogP contribution in [0.4, 0.5) is 10.3 Å². The highest BCUT2D eigenvalue weighted by molar-refractivity contribution is 5.88. The van der Waals surface area contributed by atoms with Crippen LogP contribution in [-0.4, -0.2) is 29.9 Å². The molecule has 9 heteroatoms. The second kappa shape index (κ2) is 6.71. The molecule has 7 rings (SSSR count). The second-order valence-electron chi connectivity index (χ2n) is 9.55. The Morgan fingerprint density at radius 1 is 1.18 bits per heavy atom. The number of pyridine rings is 1. The van der Waals surface area contributed by atoms with Gasteiger partial charge in [-0.15, -0.1) is 9.50 Å². The number of H-pyrrole nitrogens is 1. The molecule has 3 fully saturated rings. The number of benzene rings is 1. The average Bonchev–Trinajstić information content (AvgIpc) is 3.08. The minimum Gasteiger partial charge on any atom is -0.390 e. The SMILES string of the molecule is Cc1cc(-c2c(-c3ccccc3)[nH+]c(N)n3c(=O)n(CC45CC(F)(C4)C5)nc23)cc(CO)n1. The number of aliphatic hydroxyl groups is 1. The molecule has 0 aliphatic heterocycles. The lowest BCUT2D eigenvalue weighted by Gasteiger charge is -2.65. The molecule has 8 nitrogen and oxygen atoms in total. The van der Waals surface area contributed by atoms with E-state index in [1.165, 1.54) is 9.08 Å². The summed E-state index contributed by atoms with van der Waals surface area (Å²) in [5.74, 6) is 0.163. The van der Waals surface area contributed by atoms with E-state index in [9.17, 15) is 14.3 Å². The minimum atomic E-state index is -1.05. The van der Waals surface area contributed by atoms with Crippen LogP contribution < -0.4 is 16.4 Å². The third-order valence-electron chi connectivity index (χ3n) is 6.89. The molecule has 0 saturated heterocycles. The van der Waals surface area contributed by atoms with Crippen molar-refractivity contribution in [2.45, 2.75) is 45.0 Å². The number of nitrogens with two attached hydrogens (primary N) is 1. The van der Waals surface area contributed by atoms with Crippen molar-refractivity contribution in [3.8, 4) is 22.4 Å². The van der Waals surface area contributed by atoms with Crippen LogP contribution in [0.15, 0.2) is 47.3 Å². The molecule has 3 heterocycles. The lowest BCUT2D eigenvalue weighted by molar-refractivity contribution is -0.351. The first-order valence-corrected chi connectivity index (χ1v) is 11.0. The Kier molecular flexibility index (Phi) is 4.08. The van der Waals surface area contributed by atoms with Gasteiger partial charge in [-0.2, -0.15) is 4.68 Å². The smallest absolute Gasteiger partial charge is 0.390 e. The van der Waals surface area contributed by atoms with Crippen LogP contribution in [-0.2, 0) is 13.2 Å². The number of alkyl halides is 1. The van der Waals surface area contributed by atoms with Gasteiger partial charge in [-0.1, -0.05) is 30.3 Å². The summed E-state index contributed by atoms with van der Waals surface area (Å²) in [6.07, 6.45) is 1.44. The molecule has 33 heavy (non-hydrogen) atoms. The highest BCUT2D eigenvalue weighted by Gasteiger charge is 2.69. The van der Waals surface area contributed by atoms with Crippen LogP contribution in [0.3, 0.4) is 0 Å². The first-order valence-electron chi connectivity index (χ1n) is 11.0. The summed E-state index contributed by atoms with van der Waals surface area (Å²) in [7, 11) is 0. The number of aromatic nitrogens is 5. The fourth-order valence-electron chi connectivity index (χ4n) is 5.65. The molecule has 4 aromatic rings. The van der Waals surface area contributed by atoms with Crippen molar-refractivity contribution in [1.82, 2.24) is 19.2 Å². The number of rotatable bonds is 5. The summed E-state index contributed by atoms with van der Waals surface area (Å²) >= 11 is 0. The molecular weight excluding hydrogens is 423 g/mol. The molecule has 3 saturated carbocycles. The van der Waals surface area contributed by atoms with Crippen molar-refractivity contribution >= 4 is 11.6 Å². The van der Waals surface area contributed by atoms with Gasteiger partial charge in [-0.05, 0) is 49.3 Å². The number of aliphatic hydroxyl groups excluding tert-OH is 1. The molecule has 3 aliphatic carbocycles. The maximum Gasteiger partial charge on any atom is 0.411 e. The van der Waals surface area contributed by atoms with E-state index in [0.717, 1.165) is 16.8 Å². The molecule has 0 amide bonds. The summed E-state index contributed by atoms with van der Waals surface area (Å²) in [5, 5.41) is 14.4. The first kappa shape index (κ1) is 20.0. The molecule has 2 bridgehead atoms. The van der Waals surface area contributed by atoms with Crippen LogP contribution in [0.25, 0.3) is 28.0 Å². The first-order chi connectivity index (χ1) is 15.8. The zero-order valence-corrected chi connectivity index (χ0v) is 18.2. The Morgan fingerprint density at radius 3 is 2.58 bits per heavy atom. The second-order valence-corrected chi connectivity index (χ2v) is 9.55. The zero-order chi connectivity index (χ0) is 23.0. The van der Waals surface area contributed by atoms with E-state index >= 15 is 0 Å². The number of fused-ring (bicyclic) bond motifs is 1. The van der Waals surface area contributed by atoms with Crippen LogP contribution in [0.2, 0.25) is 0 Å². The number of nitrogens with one attached hydrogen (secondary N) is 1.